The van der Waals surface area contributed by atoms with Crippen LogP contribution >= 0.6 is 0 Å². The summed E-state index contributed by atoms with van der Waals surface area (Å²) in [6, 6.07) is 6.54. The lowest BCUT2D eigenvalue weighted by molar-refractivity contribution is 0.475. The SMILES string of the molecule is CCc1[nH]n(-c2ccc(O)cc2)c(=O)c1CCCN. The van der Waals surface area contributed by atoms with Gasteiger partial charge < -0.3 is 10.8 Å². The number of aryl methyl sites for hydroxylation is 1. The fraction of sp³-hybridized carbons (Fsp3) is 0.357. The summed E-state index contributed by atoms with van der Waals surface area (Å²) >= 11 is 0. The second-order valence-electron chi connectivity index (χ2n) is 4.47. The molecule has 4 N–H and O–H groups in total. The highest BCUT2D eigenvalue weighted by molar-refractivity contribution is 5.37. The number of nitrogens with one attached hydrogen (secondary N) is 1. The van der Waals surface area contributed by atoms with E-state index in [2.05, 4.69) is 5.10 Å². The number of phenolic OH excluding ortho intramolecular Hbond substituents is 1. The second kappa shape index (κ2) is 5.75. The van der Waals surface area contributed by atoms with Crippen LogP contribution in [0.2, 0.25) is 0 Å². The van der Waals surface area contributed by atoms with Crippen LogP contribution in [0, 0.1) is 0 Å². The van der Waals surface area contributed by atoms with Crippen molar-refractivity contribution in [1.82, 2.24) is 9.78 Å². The maximum absolute atomic E-state index is 12.4. The highest BCUT2D eigenvalue weighted by Crippen LogP contribution is 2.14. The molecule has 1 aromatic heterocycles. The third kappa shape index (κ3) is 2.71. The third-order valence-electron chi connectivity index (χ3n) is 3.16. The van der Waals surface area contributed by atoms with E-state index in [0.29, 0.717) is 13.0 Å². The van der Waals surface area contributed by atoms with Crippen LogP contribution in [-0.2, 0) is 12.8 Å². The highest BCUT2D eigenvalue weighted by atomic mass is 16.3. The van der Waals surface area contributed by atoms with Crippen molar-refractivity contribution in [1.29, 1.82) is 0 Å². The summed E-state index contributed by atoms with van der Waals surface area (Å²) in [5, 5.41) is 12.4. The molecule has 0 bridgehead atoms. The zero-order valence-corrected chi connectivity index (χ0v) is 11.0. The quantitative estimate of drug-likeness (QED) is 0.759. The van der Waals surface area contributed by atoms with E-state index in [0.717, 1.165) is 29.8 Å². The van der Waals surface area contributed by atoms with Crippen LogP contribution in [0.5, 0.6) is 5.75 Å². The molecule has 0 aliphatic heterocycles. The number of nitrogens with two attached hydrogens (primary N) is 1. The third-order valence-corrected chi connectivity index (χ3v) is 3.16. The Morgan fingerprint density at radius 2 is 2.00 bits per heavy atom. The number of aromatic hydroxyl groups is 1. The predicted molar refractivity (Wildman–Crippen MR) is 74.8 cm³/mol. The van der Waals surface area contributed by atoms with Crippen molar-refractivity contribution in [3.05, 3.63) is 45.9 Å². The molecule has 0 aliphatic carbocycles. The molecule has 5 heteroatoms. The lowest BCUT2D eigenvalue weighted by atomic mass is 10.1. The van der Waals surface area contributed by atoms with Crippen molar-refractivity contribution in [3.8, 4) is 11.4 Å². The fourth-order valence-corrected chi connectivity index (χ4v) is 2.13. The number of hydrogen-bond acceptors (Lipinski definition) is 3. The summed E-state index contributed by atoms with van der Waals surface area (Å²) in [4.78, 5) is 12.4. The number of benzene rings is 1. The molecule has 1 heterocycles. The Hall–Kier alpha value is -2.01. The molecule has 102 valence electrons. The molecule has 0 radical (unpaired) electrons. The molecule has 0 unspecified atom stereocenters. The number of H-pyrrole nitrogens is 1. The normalized spacial score (nSPS) is 10.8. The molecule has 0 saturated carbocycles. The molecule has 5 nitrogen and oxygen atoms in total. The minimum absolute atomic E-state index is 0.0315. The van der Waals surface area contributed by atoms with E-state index in [-0.39, 0.29) is 11.3 Å². The molecule has 2 rings (SSSR count). The van der Waals surface area contributed by atoms with Gasteiger partial charge in [-0.25, -0.2) is 4.68 Å². The molecular formula is C14H19N3O2. The van der Waals surface area contributed by atoms with Gasteiger partial charge in [0.25, 0.3) is 5.56 Å². The Labute approximate surface area is 111 Å². The van der Waals surface area contributed by atoms with Crippen molar-refractivity contribution >= 4 is 0 Å². The first-order valence-electron chi connectivity index (χ1n) is 6.49. The van der Waals surface area contributed by atoms with Crippen LogP contribution < -0.4 is 11.3 Å². The van der Waals surface area contributed by atoms with Crippen molar-refractivity contribution in [2.45, 2.75) is 26.2 Å². The lowest BCUT2D eigenvalue weighted by Gasteiger charge is -2.01. The van der Waals surface area contributed by atoms with Gasteiger partial charge in [0.15, 0.2) is 0 Å². The zero-order valence-electron chi connectivity index (χ0n) is 11.0. The molecule has 0 spiro atoms. The Balaban J connectivity index is 2.44. The van der Waals surface area contributed by atoms with E-state index < -0.39 is 0 Å². The molecule has 0 atom stereocenters. The Morgan fingerprint density at radius 1 is 1.32 bits per heavy atom. The largest absolute Gasteiger partial charge is 0.508 e. The van der Waals surface area contributed by atoms with E-state index in [1.54, 1.807) is 24.3 Å². The topological polar surface area (TPSA) is 84.0 Å². The smallest absolute Gasteiger partial charge is 0.274 e. The summed E-state index contributed by atoms with van der Waals surface area (Å²) in [6.45, 7) is 2.59. The Kier molecular flexibility index (Phi) is 4.06. The summed E-state index contributed by atoms with van der Waals surface area (Å²) in [6.07, 6.45) is 2.27. The van der Waals surface area contributed by atoms with Crippen LogP contribution in [0.25, 0.3) is 5.69 Å². The number of aromatic amines is 1. The van der Waals surface area contributed by atoms with E-state index in [9.17, 15) is 9.90 Å². The van der Waals surface area contributed by atoms with Crippen LogP contribution in [0.15, 0.2) is 29.1 Å². The highest BCUT2D eigenvalue weighted by Gasteiger charge is 2.13. The summed E-state index contributed by atoms with van der Waals surface area (Å²) in [5.74, 6) is 0.183. The van der Waals surface area contributed by atoms with Crippen LogP contribution in [0.4, 0.5) is 0 Å². The molecule has 0 fully saturated rings. The minimum atomic E-state index is -0.0315. The molecule has 2 aromatic rings. The second-order valence-corrected chi connectivity index (χ2v) is 4.47. The summed E-state index contributed by atoms with van der Waals surface area (Å²) < 4.78 is 1.52. The van der Waals surface area contributed by atoms with Gasteiger partial charge in [-0.3, -0.25) is 9.89 Å². The van der Waals surface area contributed by atoms with E-state index >= 15 is 0 Å². The molecule has 19 heavy (non-hydrogen) atoms. The minimum Gasteiger partial charge on any atom is -0.508 e. The monoisotopic (exact) mass is 261 g/mol. The molecule has 0 aliphatic rings. The molecule has 0 saturated heterocycles. The average molecular weight is 261 g/mol. The summed E-state index contributed by atoms with van der Waals surface area (Å²) in [7, 11) is 0. The molecular weight excluding hydrogens is 242 g/mol. The van der Waals surface area contributed by atoms with Gasteiger partial charge in [-0.2, -0.15) is 0 Å². The van der Waals surface area contributed by atoms with Gasteiger partial charge in [0, 0.05) is 11.3 Å². The van der Waals surface area contributed by atoms with Crippen molar-refractivity contribution in [2.24, 2.45) is 5.73 Å². The van der Waals surface area contributed by atoms with Crippen molar-refractivity contribution in [3.63, 3.8) is 0 Å². The van der Waals surface area contributed by atoms with E-state index in [1.165, 1.54) is 4.68 Å². The Bertz CT molecular complexity index is 596. The lowest BCUT2D eigenvalue weighted by Crippen LogP contribution is -2.18. The zero-order chi connectivity index (χ0) is 13.8. The van der Waals surface area contributed by atoms with Crippen molar-refractivity contribution in [2.75, 3.05) is 6.54 Å². The van der Waals surface area contributed by atoms with Gasteiger partial charge in [-0.15, -0.1) is 0 Å². The van der Waals surface area contributed by atoms with Gasteiger partial charge in [-0.05, 0) is 50.1 Å². The number of aromatic nitrogens is 2. The number of rotatable bonds is 5. The molecule has 0 amide bonds. The maximum Gasteiger partial charge on any atom is 0.274 e. The van der Waals surface area contributed by atoms with Gasteiger partial charge in [0.05, 0.1) is 5.69 Å². The van der Waals surface area contributed by atoms with E-state index in [1.807, 2.05) is 6.92 Å². The van der Waals surface area contributed by atoms with Gasteiger partial charge in [0.1, 0.15) is 5.75 Å². The standard InChI is InChI=1S/C14H19N3O2/c1-2-13-12(4-3-9-15)14(19)17(16-13)10-5-7-11(18)8-6-10/h5-8,16,18H,2-4,9,15H2,1H3. The van der Waals surface area contributed by atoms with Crippen LogP contribution in [-0.4, -0.2) is 21.4 Å². The molecule has 1 aromatic carbocycles. The Morgan fingerprint density at radius 3 is 2.58 bits per heavy atom. The van der Waals surface area contributed by atoms with Crippen LogP contribution in [0.1, 0.15) is 24.6 Å². The summed E-state index contributed by atoms with van der Waals surface area (Å²) in [5.41, 5.74) is 7.95. The first-order chi connectivity index (χ1) is 9.17. The maximum atomic E-state index is 12.4. The van der Waals surface area contributed by atoms with Gasteiger partial charge in [0.2, 0.25) is 0 Å². The predicted octanol–water partition coefficient (Wildman–Crippen LogP) is 1.32. The number of nitrogens with zero attached hydrogens (tertiary/aromatic N) is 1. The van der Waals surface area contributed by atoms with Crippen LogP contribution in [0.3, 0.4) is 0 Å². The first kappa shape index (κ1) is 13.4. The fourth-order valence-electron chi connectivity index (χ4n) is 2.13. The van der Waals surface area contributed by atoms with Gasteiger partial charge >= 0.3 is 0 Å². The van der Waals surface area contributed by atoms with E-state index in [4.69, 9.17) is 5.73 Å². The van der Waals surface area contributed by atoms with Gasteiger partial charge in [-0.1, -0.05) is 6.92 Å². The number of phenols is 1. The van der Waals surface area contributed by atoms with Crippen molar-refractivity contribution < 1.29 is 5.11 Å². The average Bonchev–Trinajstić information content (AvgIpc) is 2.74. The first-order valence-corrected chi connectivity index (χ1v) is 6.49. The number of hydrogen-bond donors (Lipinski definition) is 3.